The Morgan fingerprint density at radius 1 is 1.11 bits per heavy atom. The maximum Gasteiger partial charge on any atom is 0.276 e. The summed E-state index contributed by atoms with van der Waals surface area (Å²) in [6, 6.07) is 6.37. The number of hydrazine groups is 1. The smallest absolute Gasteiger partial charge is 0.267 e. The Hall–Kier alpha value is -1.44. The molecule has 0 bridgehead atoms. The van der Waals surface area contributed by atoms with E-state index in [1.54, 1.807) is 12.1 Å². The second-order valence-corrected chi connectivity index (χ2v) is 6.54. The van der Waals surface area contributed by atoms with E-state index in [0.717, 1.165) is 5.01 Å². The maximum atomic E-state index is 11.8. The van der Waals surface area contributed by atoms with E-state index in [0.29, 0.717) is 11.1 Å². The minimum Gasteiger partial charge on any atom is -0.267 e. The summed E-state index contributed by atoms with van der Waals surface area (Å²) in [5.41, 5.74) is 3.05. The quantitative estimate of drug-likeness (QED) is 0.639. The first-order valence-corrected chi connectivity index (χ1v) is 7.51. The van der Waals surface area contributed by atoms with Gasteiger partial charge in [0, 0.05) is 17.2 Å². The Labute approximate surface area is 108 Å². The van der Waals surface area contributed by atoms with Gasteiger partial charge in [-0.05, 0) is 12.1 Å². The lowest BCUT2D eigenvalue weighted by Crippen LogP contribution is -2.44. The Morgan fingerprint density at radius 3 is 2.06 bits per heavy atom. The lowest BCUT2D eigenvalue weighted by atomic mass is 10.1. The zero-order valence-electron chi connectivity index (χ0n) is 9.09. The molecule has 0 atom stereocenters. The van der Waals surface area contributed by atoms with Gasteiger partial charge in [-0.3, -0.25) is 9.59 Å². The Morgan fingerprint density at radius 2 is 1.61 bits per heavy atom. The number of rotatable bonds is 4. The fourth-order valence-corrected chi connectivity index (χ4v) is 2.18. The SMILES string of the molecule is O=C1c2ccccc2C(=O)N1NCCS(=O)(=O)Cl. The molecule has 1 aliphatic rings. The molecule has 0 spiro atoms. The van der Waals surface area contributed by atoms with Gasteiger partial charge in [0.05, 0.1) is 16.9 Å². The van der Waals surface area contributed by atoms with Crippen molar-refractivity contribution < 1.29 is 18.0 Å². The lowest BCUT2D eigenvalue weighted by Gasteiger charge is -2.14. The predicted molar refractivity (Wildman–Crippen MR) is 64.6 cm³/mol. The normalized spacial score (nSPS) is 15.1. The van der Waals surface area contributed by atoms with Gasteiger partial charge in [-0.1, -0.05) is 12.1 Å². The maximum absolute atomic E-state index is 11.8. The molecule has 0 saturated heterocycles. The van der Waals surface area contributed by atoms with Crippen LogP contribution in [0.4, 0.5) is 0 Å². The molecule has 0 aliphatic carbocycles. The molecule has 8 heteroatoms. The van der Waals surface area contributed by atoms with Gasteiger partial charge >= 0.3 is 0 Å². The van der Waals surface area contributed by atoms with Crippen molar-refractivity contribution in [2.75, 3.05) is 12.3 Å². The zero-order chi connectivity index (χ0) is 13.3. The highest BCUT2D eigenvalue weighted by molar-refractivity contribution is 8.13. The molecular formula is C10H9ClN2O4S. The highest BCUT2D eigenvalue weighted by atomic mass is 35.7. The Bertz CT molecular complexity index is 579. The zero-order valence-corrected chi connectivity index (χ0v) is 10.7. The van der Waals surface area contributed by atoms with Gasteiger partial charge in [0.15, 0.2) is 0 Å². The number of halogens is 1. The van der Waals surface area contributed by atoms with Gasteiger partial charge in [0.25, 0.3) is 11.8 Å². The third-order valence-electron chi connectivity index (χ3n) is 2.41. The number of carbonyl (C=O) groups excluding carboxylic acids is 2. The highest BCUT2D eigenvalue weighted by Crippen LogP contribution is 2.20. The lowest BCUT2D eigenvalue weighted by molar-refractivity contribution is 0.0571. The number of nitrogens with one attached hydrogen (secondary N) is 1. The molecule has 6 nitrogen and oxygen atoms in total. The molecule has 96 valence electrons. The van der Waals surface area contributed by atoms with Crippen molar-refractivity contribution in [1.29, 1.82) is 0 Å². The Kier molecular flexibility index (Phi) is 3.38. The summed E-state index contributed by atoms with van der Waals surface area (Å²) in [5, 5.41) is 0.798. The van der Waals surface area contributed by atoms with Crippen LogP contribution in [0.3, 0.4) is 0 Å². The van der Waals surface area contributed by atoms with E-state index in [4.69, 9.17) is 10.7 Å². The molecule has 0 unspecified atom stereocenters. The molecule has 0 radical (unpaired) electrons. The molecule has 0 aromatic heterocycles. The number of benzene rings is 1. The van der Waals surface area contributed by atoms with E-state index >= 15 is 0 Å². The van der Waals surface area contributed by atoms with E-state index in [-0.39, 0.29) is 12.3 Å². The van der Waals surface area contributed by atoms with Crippen molar-refractivity contribution in [2.24, 2.45) is 0 Å². The van der Waals surface area contributed by atoms with Crippen LogP contribution in [0.1, 0.15) is 20.7 Å². The molecule has 1 aromatic rings. The molecule has 2 amide bonds. The minimum atomic E-state index is -3.66. The molecular weight excluding hydrogens is 280 g/mol. The molecule has 1 heterocycles. The van der Waals surface area contributed by atoms with Crippen molar-refractivity contribution >= 4 is 31.5 Å². The average Bonchev–Trinajstić information content (AvgIpc) is 2.53. The van der Waals surface area contributed by atoms with Crippen molar-refractivity contribution in [1.82, 2.24) is 10.4 Å². The summed E-state index contributed by atoms with van der Waals surface area (Å²) in [5.74, 6) is -1.37. The Balaban J connectivity index is 2.10. The monoisotopic (exact) mass is 288 g/mol. The van der Waals surface area contributed by atoms with Crippen LogP contribution in [0.5, 0.6) is 0 Å². The van der Waals surface area contributed by atoms with Gasteiger partial charge in [0.2, 0.25) is 9.05 Å². The number of imide groups is 1. The summed E-state index contributed by atoms with van der Waals surface area (Å²) in [4.78, 5) is 23.6. The van der Waals surface area contributed by atoms with Crippen molar-refractivity contribution in [3.63, 3.8) is 0 Å². The molecule has 1 aliphatic heterocycles. The number of carbonyl (C=O) groups is 2. The first kappa shape index (κ1) is 13.0. The molecule has 2 rings (SSSR count). The first-order valence-electron chi connectivity index (χ1n) is 5.04. The van der Waals surface area contributed by atoms with Crippen molar-refractivity contribution in [3.05, 3.63) is 35.4 Å². The third kappa shape index (κ3) is 2.53. The summed E-state index contributed by atoms with van der Waals surface area (Å²) in [7, 11) is 1.37. The second kappa shape index (κ2) is 4.68. The summed E-state index contributed by atoms with van der Waals surface area (Å²) in [6.45, 7) is -0.114. The summed E-state index contributed by atoms with van der Waals surface area (Å²) >= 11 is 0. The molecule has 0 fully saturated rings. The van der Waals surface area contributed by atoms with E-state index in [1.807, 2.05) is 0 Å². The fourth-order valence-electron chi connectivity index (χ4n) is 1.61. The third-order valence-corrected chi connectivity index (χ3v) is 3.56. The average molecular weight is 289 g/mol. The minimum absolute atomic E-state index is 0.114. The van der Waals surface area contributed by atoms with E-state index in [9.17, 15) is 18.0 Å². The number of hydrogen-bond acceptors (Lipinski definition) is 5. The largest absolute Gasteiger partial charge is 0.276 e. The molecule has 1 N–H and O–H groups in total. The van der Waals surface area contributed by atoms with Gasteiger partial charge in [0.1, 0.15) is 0 Å². The first-order chi connectivity index (χ1) is 8.40. The van der Waals surface area contributed by atoms with E-state index in [2.05, 4.69) is 5.43 Å². The van der Waals surface area contributed by atoms with Crippen LogP contribution in [-0.2, 0) is 9.05 Å². The van der Waals surface area contributed by atoms with E-state index < -0.39 is 20.9 Å². The fraction of sp³-hybridized carbons (Fsp3) is 0.200. The van der Waals surface area contributed by atoms with Crippen LogP contribution in [-0.4, -0.2) is 37.5 Å². The van der Waals surface area contributed by atoms with Gasteiger partial charge in [-0.15, -0.1) is 0 Å². The van der Waals surface area contributed by atoms with Gasteiger partial charge < -0.3 is 0 Å². The highest BCUT2D eigenvalue weighted by Gasteiger charge is 2.35. The van der Waals surface area contributed by atoms with Crippen molar-refractivity contribution in [2.45, 2.75) is 0 Å². The molecule has 18 heavy (non-hydrogen) atoms. The predicted octanol–water partition coefficient (Wildman–Crippen LogP) is 0.356. The van der Waals surface area contributed by atoms with Crippen molar-refractivity contribution in [3.8, 4) is 0 Å². The van der Waals surface area contributed by atoms with Gasteiger partial charge in [-0.2, -0.15) is 0 Å². The standard InChI is InChI=1S/C10H9ClN2O4S/c11-18(16,17)6-5-12-13-9(14)7-3-1-2-4-8(7)10(13)15/h1-4,12H,5-6H2. The summed E-state index contributed by atoms with van der Waals surface area (Å²) < 4.78 is 21.4. The number of fused-ring (bicyclic) bond motifs is 1. The summed E-state index contributed by atoms with van der Waals surface area (Å²) in [6.07, 6.45) is 0. The molecule has 1 aromatic carbocycles. The number of nitrogens with zero attached hydrogens (tertiary/aromatic N) is 1. The number of amides is 2. The van der Waals surface area contributed by atoms with Gasteiger partial charge in [-0.25, -0.2) is 18.9 Å². The van der Waals surface area contributed by atoms with Crippen LogP contribution in [0.15, 0.2) is 24.3 Å². The topological polar surface area (TPSA) is 83.6 Å². The second-order valence-electron chi connectivity index (χ2n) is 3.64. The molecule has 0 saturated carbocycles. The van der Waals surface area contributed by atoms with Crippen LogP contribution in [0, 0.1) is 0 Å². The van der Waals surface area contributed by atoms with Crippen LogP contribution in [0.2, 0.25) is 0 Å². The van der Waals surface area contributed by atoms with Crippen LogP contribution < -0.4 is 5.43 Å². The van der Waals surface area contributed by atoms with Crippen LogP contribution in [0.25, 0.3) is 0 Å². The van der Waals surface area contributed by atoms with E-state index in [1.165, 1.54) is 12.1 Å². The van der Waals surface area contributed by atoms with Crippen LogP contribution >= 0.6 is 10.7 Å². The number of hydrogen-bond donors (Lipinski definition) is 1.